The van der Waals surface area contributed by atoms with Crippen molar-refractivity contribution in [3.05, 3.63) is 112 Å². The second-order valence-electron chi connectivity index (χ2n) is 16.1. The zero-order chi connectivity index (χ0) is 41.4. The molecule has 3 N–H and O–H groups in total. The van der Waals surface area contributed by atoms with Crippen molar-refractivity contribution >= 4 is 84.9 Å². The summed E-state index contributed by atoms with van der Waals surface area (Å²) in [5.74, 6) is -8.02. The number of anilines is 2. The molecule has 0 bridgehead atoms. The normalized spacial score (nSPS) is 25.2. The number of allylic oxidation sites excluding steroid dienone is 2. The SMILES string of the molecule is Cc1c(-c2cc(N3C(=O)C4CC5C(=CCC6C(=O)N(c7ccc(C(=O)O)c(O)c7)C(=O)C65)C(c5c(O)ccc6ccccc56)C4(C)C3=O)n(C)n2)sc2ccc(Cl)cc12. The number of imide groups is 2. The highest BCUT2D eigenvalue weighted by atomic mass is 35.5. The quantitative estimate of drug-likeness (QED) is 0.115. The molecule has 3 fully saturated rings. The van der Waals surface area contributed by atoms with Crippen molar-refractivity contribution < 1.29 is 39.3 Å². The highest BCUT2D eigenvalue weighted by Gasteiger charge is 2.68. The largest absolute Gasteiger partial charge is 0.508 e. The van der Waals surface area contributed by atoms with E-state index in [0.717, 1.165) is 42.9 Å². The van der Waals surface area contributed by atoms with Crippen LogP contribution in [0, 0.1) is 36.0 Å². The first kappa shape index (κ1) is 37.0. The topological polar surface area (TPSA) is 170 Å². The van der Waals surface area contributed by atoms with Gasteiger partial charge in [-0.25, -0.2) is 14.6 Å². The van der Waals surface area contributed by atoms with Gasteiger partial charge < -0.3 is 15.3 Å². The molecule has 6 unspecified atom stereocenters. The molecule has 14 heteroatoms. The van der Waals surface area contributed by atoms with Gasteiger partial charge in [-0.05, 0) is 90.7 Å². The molecule has 59 heavy (non-hydrogen) atoms. The van der Waals surface area contributed by atoms with Crippen LogP contribution in [0.3, 0.4) is 0 Å². The Hall–Kier alpha value is -6.31. The van der Waals surface area contributed by atoms with Crippen molar-refractivity contribution in [2.45, 2.75) is 32.6 Å². The van der Waals surface area contributed by atoms with E-state index in [1.807, 2.05) is 55.5 Å². The molecule has 0 radical (unpaired) electrons. The van der Waals surface area contributed by atoms with Gasteiger partial charge in [-0.1, -0.05) is 53.6 Å². The minimum absolute atomic E-state index is 0.0321. The molecule has 10 rings (SSSR count). The second kappa shape index (κ2) is 12.8. The van der Waals surface area contributed by atoms with E-state index >= 15 is 9.59 Å². The first-order valence-electron chi connectivity index (χ1n) is 19.2. The Labute approximate surface area is 345 Å². The maximum atomic E-state index is 15.4. The number of amides is 4. The third-order valence-electron chi connectivity index (χ3n) is 13.2. The third-order valence-corrected chi connectivity index (χ3v) is 14.7. The van der Waals surface area contributed by atoms with Gasteiger partial charge in [-0.15, -0.1) is 11.3 Å². The number of phenols is 2. The van der Waals surface area contributed by atoms with Gasteiger partial charge in [-0.2, -0.15) is 5.10 Å². The van der Waals surface area contributed by atoms with E-state index in [1.165, 1.54) is 27.0 Å². The van der Waals surface area contributed by atoms with Crippen LogP contribution < -0.4 is 9.80 Å². The number of carboxylic acids is 1. The number of aryl methyl sites for hydroxylation is 2. The number of hydrogen-bond donors (Lipinski definition) is 3. The van der Waals surface area contributed by atoms with Gasteiger partial charge in [0.15, 0.2) is 0 Å². The third kappa shape index (κ3) is 5.07. The fourth-order valence-corrected chi connectivity index (χ4v) is 11.8. The van der Waals surface area contributed by atoms with Gasteiger partial charge >= 0.3 is 5.97 Å². The number of carboxylic acid groups (broad SMARTS) is 1. The molecule has 6 atom stereocenters. The lowest BCUT2D eigenvalue weighted by molar-refractivity contribution is -0.131. The summed E-state index contributed by atoms with van der Waals surface area (Å²) < 4.78 is 2.54. The van der Waals surface area contributed by atoms with Crippen LogP contribution >= 0.6 is 22.9 Å². The number of fused-ring (bicyclic) bond motifs is 6. The van der Waals surface area contributed by atoms with Crippen LogP contribution in [0.5, 0.6) is 11.5 Å². The molecule has 2 saturated heterocycles. The number of hydrogen-bond acceptors (Lipinski definition) is 9. The Bertz CT molecular complexity index is 2950. The molecular formula is C45H35ClN4O8S. The van der Waals surface area contributed by atoms with Crippen LogP contribution in [-0.4, -0.2) is 54.7 Å². The standard InChI is InChI=1S/C45H35ClN4O8S/c1-20-28-16-22(46)9-15-34(28)59-39(20)31-19-35(48(3)47-31)50-41(54)30-18-29-25(38(45(30,2)44(50)58)37-24-7-5-4-6-21(24)8-14-32(37)51)12-13-27-36(29)42(55)49(40(27)53)23-10-11-26(43(56)57)33(52)17-23/h4-12,14-17,19,27,29-30,36,38,51-52H,13,18H2,1-3H3,(H,56,57). The van der Waals surface area contributed by atoms with E-state index in [0.29, 0.717) is 27.2 Å². The van der Waals surface area contributed by atoms with Crippen molar-refractivity contribution in [2.24, 2.45) is 36.1 Å². The summed E-state index contributed by atoms with van der Waals surface area (Å²) in [6, 6.07) is 21.8. The Kier molecular flexibility index (Phi) is 8.05. The van der Waals surface area contributed by atoms with Crippen LogP contribution in [0.25, 0.3) is 31.4 Å². The van der Waals surface area contributed by atoms with E-state index in [4.69, 9.17) is 16.7 Å². The van der Waals surface area contributed by atoms with Crippen molar-refractivity contribution in [1.82, 2.24) is 9.78 Å². The molecule has 2 aromatic heterocycles. The van der Waals surface area contributed by atoms with Gasteiger partial charge in [0.25, 0.3) is 0 Å². The number of aromatic carboxylic acids is 1. The molecule has 4 aromatic carbocycles. The number of benzene rings is 4. The number of aromatic hydroxyl groups is 2. The highest BCUT2D eigenvalue weighted by Crippen LogP contribution is 2.65. The maximum Gasteiger partial charge on any atom is 0.339 e. The summed E-state index contributed by atoms with van der Waals surface area (Å²) in [6.45, 7) is 3.75. The zero-order valence-electron chi connectivity index (χ0n) is 31.8. The Morgan fingerprint density at radius 3 is 2.42 bits per heavy atom. The lowest BCUT2D eigenvalue weighted by Crippen LogP contribution is -2.49. The van der Waals surface area contributed by atoms with E-state index < -0.39 is 70.4 Å². The predicted molar refractivity (Wildman–Crippen MR) is 222 cm³/mol. The van der Waals surface area contributed by atoms with E-state index in [2.05, 4.69) is 0 Å². The van der Waals surface area contributed by atoms with Gasteiger partial charge in [0.1, 0.15) is 28.6 Å². The molecule has 1 saturated carbocycles. The first-order valence-corrected chi connectivity index (χ1v) is 20.4. The summed E-state index contributed by atoms with van der Waals surface area (Å²) in [6.07, 6.45) is 2.12. The minimum Gasteiger partial charge on any atom is -0.508 e. The van der Waals surface area contributed by atoms with E-state index in [9.17, 15) is 29.7 Å². The molecular weight excluding hydrogens is 792 g/mol. The van der Waals surface area contributed by atoms with Crippen molar-refractivity contribution in [3.8, 4) is 22.1 Å². The Morgan fingerprint density at radius 1 is 0.881 bits per heavy atom. The van der Waals surface area contributed by atoms with Crippen LogP contribution in [0.2, 0.25) is 5.02 Å². The molecule has 12 nitrogen and oxygen atoms in total. The van der Waals surface area contributed by atoms with Gasteiger partial charge in [-0.3, -0.25) is 23.9 Å². The summed E-state index contributed by atoms with van der Waals surface area (Å²) in [5.41, 5.74) is 0.913. The van der Waals surface area contributed by atoms with Crippen molar-refractivity contribution in [1.29, 1.82) is 0 Å². The van der Waals surface area contributed by atoms with Crippen LogP contribution in [0.4, 0.5) is 11.5 Å². The summed E-state index contributed by atoms with van der Waals surface area (Å²) in [4.78, 5) is 73.9. The maximum absolute atomic E-state index is 15.4. The van der Waals surface area contributed by atoms with Crippen molar-refractivity contribution in [2.75, 3.05) is 9.80 Å². The lowest BCUT2D eigenvalue weighted by atomic mass is 9.51. The van der Waals surface area contributed by atoms with Gasteiger partial charge in [0, 0.05) is 40.4 Å². The Balaban J connectivity index is 1.11. The van der Waals surface area contributed by atoms with Crippen LogP contribution in [0.1, 0.15) is 47.2 Å². The number of nitrogens with zero attached hydrogens (tertiary/aromatic N) is 4. The molecule has 4 heterocycles. The molecule has 2 aliphatic heterocycles. The summed E-state index contributed by atoms with van der Waals surface area (Å²) in [5, 5.41) is 39.7. The van der Waals surface area contributed by atoms with E-state index in [-0.39, 0.29) is 35.7 Å². The average Bonchev–Trinajstić information content (AvgIpc) is 3.88. The summed E-state index contributed by atoms with van der Waals surface area (Å²) in [7, 11) is 1.68. The number of carbonyl (C=O) groups excluding carboxylic acids is 4. The average molecular weight is 827 g/mol. The van der Waals surface area contributed by atoms with E-state index in [1.54, 1.807) is 32.2 Å². The second-order valence-corrected chi connectivity index (χ2v) is 17.6. The Morgan fingerprint density at radius 2 is 1.66 bits per heavy atom. The lowest BCUT2D eigenvalue weighted by Gasteiger charge is -2.49. The molecule has 2 aliphatic carbocycles. The number of aromatic nitrogens is 2. The number of halogens is 1. The first-order chi connectivity index (χ1) is 28.2. The van der Waals surface area contributed by atoms with Crippen LogP contribution in [-0.2, 0) is 26.2 Å². The molecule has 0 spiro atoms. The zero-order valence-corrected chi connectivity index (χ0v) is 33.4. The number of carbonyl (C=O) groups is 5. The van der Waals surface area contributed by atoms with Gasteiger partial charge in [0.2, 0.25) is 23.6 Å². The minimum atomic E-state index is -1.44. The number of phenolic OH excluding ortho intramolecular Hbond substituents is 1. The number of thiophene rings is 1. The smallest absolute Gasteiger partial charge is 0.339 e. The molecule has 4 aliphatic rings. The molecule has 6 aromatic rings. The van der Waals surface area contributed by atoms with Crippen molar-refractivity contribution in [3.63, 3.8) is 0 Å². The predicted octanol–water partition coefficient (Wildman–Crippen LogP) is 7.96. The summed E-state index contributed by atoms with van der Waals surface area (Å²) >= 11 is 7.86. The fraction of sp³-hybridized carbons (Fsp3) is 0.244. The molecule has 4 amide bonds. The van der Waals surface area contributed by atoms with Gasteiger partial charge in [0.05, 0.1) is 33.7 Å². The highest BCUT2D eigenvalue weighted by molar-refractivity contribution is 7.22. The number of rotatable bonds is 5. The fourth-order valence-electron chi connectivity index (χ4n) is 10.4. The van der Waals surface area contributed by atoms with Crippen LogP contribution in [0.15, 0.2) is 90.5 Å². The molecule has 296 valence electrons. The monoisotopic (exact) mass is 826 g/mol.